The van der Waals surface area contributed by atoms with Gasteiger partial charge in [-0.05, 0) is 55.2 Å². The second kappa shape index (κ2) is 8.60. The minimum absolute atomic E-state index is 0.0874. The molecule has 150 valence electrons. The number of amides is 1. The Morgan fingerprint density at radius 3 is 2.76 bits per heavy atom. The Morgan fingerprint density at radius 1 is 1.21 bits per heavy atom. The maximum Gasteiger partial charge on any atom is 0.227 e. The summed E-state index contributed by atoms with van der Waals surface area (Å²) >= 11 is 0. The molecular formula is C24H26FN3O. The molecule has 0 saturated carbocycles. The lowest BCUT2D eigenvalue weighted by molar-refractivity contribution is -0.118. The number of aryl methyl sites for hydroxylation is 1. The first kappa shape index (κ1) is 19.4. The monoisotopic (exact) mass is 391 g/mol. The first-order valence-corrected chi connectivity index (χ1v) is 10.3. The summed E-state index contributed by atoms with van der Waals surface area (Å²) in [5, 5.41) is 0. The molecule has 5 heteroatoms. The molecule has 0 aliphatic carbocycles. The Bertz CT molecular complexity index is 949. The van der Waals surface area contributed by atoms with Gasteiger partial charge in [-0.3, -0.25) is 9.79 Å². The van der Waals surface area contributed by atoms with Crippen LogP contribution < -0.4 is 9.80 Å². The third-order valence-electron chi connectivity index (χ3n) is 5.60. The molecule has 0 saturated heterocycles. The van der Waals surface area contributed by atoms with Crippen LogP contribution >= 0.6 is 0 Å². The number of carbonyl (C=O) groups excluding carboxylic acids is 1. The number of benzene rings is 2. The van der Waals surface area contributed by atoms with Crippen LogP contribution in [0.5, 0.6) is 0 Å². The summed E-state index contributed by atoms with van der Waals surface area (Å²) in [6.07, 6.45) is 7.07. The number of halogens is 1. The van der Waals surface area contributed by atoms with Gasteiger partial charge in [-0.1, -0.05) is 24.3 Å². The second-order valence-corrected chi connectivity index (χ2v) is 7.49. The first-order valence-electron chi connectivity index (χ1n) is 10.3. The Kier molecular flexibility index (Phi) is 5.74. The minimum Gasteiger partial charge on any atom is -0.365 e. The normalized spacial score (nSPS) is 14.8. The molecular weight excluding hydrogens is 365 g/mol. The number of carbonyl (C=O) groups is 1. The molecule has 0 aromatic heterocycles. The molecule has 2 aliphatic heterocycles. The standard InChI is InChI=1S/C24H26FN3O/c1-2-28(24(29)12-7-18-5-9-20(25)10-6-18)22-11-8-19-13-15-27(23(19)16-22)17-21-4-3-14-26-21/h4-6,8-11,14,16H,2-3,7,12-13,15,17H2,1H3. The summed E-state index contributed by atoms with van der Waals surface area (Å²) in [6, 6.07) is 12.7. The van der Waals surface area contributed by atoms with E-state index in [1.54, 1.807) is 12.1 Å². The van der Waals surface area contributed by atoms with Gasteiger partial charge in [0.1, 0.15) is 5.82 Å². The Labute approximate surface area is 171 Å². The van der Waals surface area contributed by atoms with Crippen LogP contribution in [-0.2, 0) is 17.6 Å². The van der Waals surface area contributed by atoms with E-state index < -0.39 is 0 Å². The fourth-order valence-electron chi connectivity index (χ4n) is 4.02. The average molecular weight is 391 g/mol. The quantitative estimate of drug-likeness (QED) is 0.695. The van der Waals surface area contributed by atoms with Crippen LogP contribution in [-0.4, -0.2) is 31.8 Å². The van der Waals surface area contributed by atoms with Crippen molar-refractivity contribution >= 4 is 23.5 Å². The lowest BCUT2D eigenvalue weighted by atomic mass is 10.1. The summed E-state index contributed by atoms with van der Waals surface area (Å²) in [5.41, 5.74) is 5.56. The summed E-state index contributed by atoms with van der Waals surface area (Å²) in [5.74, 6) is -0.165. The highest BCUT2D eigenvalue weighted by Crippen LogP contribution is 2.33. The van der Waals surface area contributed by atoms with Crippen molar-refractivity contribution < 1.29 is 9.18 Å². The number of rotatable bonds is 7. The van der Waals surface area contributed by atoms with E-state index in [9.17, 15) is 9.18 Å². The highest BCUT2D eigenvalue weighted by atomic mass is 19.1. The molecule has 2 aromatic carbocycles. The molecule has 2 aromatic rings. The molecule has 0 radical (unpaired) electrons. The molecule has 0 atom stereocenters. The Morgan fingerprint density at radius 2 is 2.03 bits per heavy atom. The van der Waals surface area contributed by atoms with Crippen molar-refractivity contribution in [2.75, 3.05) is 29.4 Å². The van der Waals surface area contributed by atoms with Crippen molar-refractivity contribution in [2.45, 2.75) is 32.6 Å². The topological polar surface area (TPSA) is 35.9 Å². The lowest BCUT2D eigenvalue weighted by Crippen LogP contribution is -2.31. The van der Waals surface area contributed by atoms with Crippen molar-refractivity contribution in [1.82, 2.24) is 0 Å². The minimum atomic E-state index is -0.253. The van der Waals surface area contributed by atoms with Gasteiger partial charge in [0.05, 0.1) is 12.2 Å². The lowest BCUT2D eigenvalue weighted by Gasteiger charge is -2.24. The van der Waals surface area contributed by atoms with E-state index in [4.69, 9.17) is 0 Å². The van der Waals surface area contributed by atoms with Gasteiger partial charge in [-0.25, -0.2) is 4.39 Å². The third-order valence-corrected chi connectivity index (χ3v) is 5.60. The largest absolute Gasteiger partial charge is 0.365 e. The molecule has 2 aliphatic rings. The van der Waals surface area contributed by atoms with Crippen LogP contribution in [0.4, 0.5) is 15.8 Å². The zero-order valence-corrected chi connectivity index (χ0v) is 16.8. The van der Waals surface area contributed by atoms with Gasteiger partial charge in [0, 0.05) is 43.5 Å². The van der Waals surface area contributed by atoms with Crippen molar-refractivity contribution in [1.29, 1.82) is 0 Å². The summed E-state index contributed by atoms with van der Waals surface area (Å²) in [4.78, 5) is 21.5. The Balaban J connectivity index is 1.46. The zero-order chi connectivity index (χ0) is 20.2. The smallest absolute Gasteiger partial charge is 0.227 e. The third kappa shape index (κ3) is 4.39. The number of hydrogen-bond donors (Lipinski definition) is 0. The van der Waals surface area contributed by atoms with Gasteiger partial charge >= 0.3 is 0 Å². The number of anilines is 2. The molecule has 4 rings (SSSR count). The van der Waals surface area contributed by atoms with Crippen molar-refractivity contribution in [3.8, 4) is 0 Å². The Hall–Kier alpha value is -2.95. The van der Waals surface area contributed by atoms with Crippen LogP contribution in [0.25, 0.3) is 0 Å². The number of fused-ring (bicyclic) bond motifs is 1. The van der Waals surface area contributed by atoms with E-state index >= 15 is 0 Å². The highest BCUT2D eigenvalue weighted by molar-refractivity contribution is 5.94. The van der Waals surface area contributed by atoms with Gasteiger partial charge < -0.3 is 9.80 Å². The fraction of sp³-hybridized carbons (Fsp3) is 0.333. The number of nitrogens with zero attached hydrogens (tertiary/aromatic N) is 3. The van der Waals surface area contributed by atoms with E-state index in [2.05, 4.69) is 34.2 Å². The fourth-order valence-corrected chi connectivity index (χ4v) is 4.02. The van der Waals surface area contributed by atoms with Gasteiger partial charge in [0.2, 0.25) is 5.91 Å². The first-order chi connectivity index (χ1) is 14.1. The number of allylic oxidation sites excluding steroid dienone is 1. The predicted molar refractivity (Wildman–Crippen MR) is 116 cm³/mol. The summed E-state index contributed by atoms with van der Waals surface area (Å²) in [6.45, 7) is 4.42. The van der Waals surface area contributed by atoms with Crippen molar-refractivity contribution in [2.24, 2.45) is 4.99 Å². The van der Waals surface area contributed by atoms with E-state index in [1.807, 2.05) is 18.0 Å². The van der Waals surface area contributed by atoms with Gasteiger partial charge in [-0.2, -0.15) is 0 Å². The maximum absolute atomic E-state index is 13.1. The molecule has 0 fully saturated rings. The van der Waals surface area contributed by atoms with E-state index in [1.165, 1.54) is 23.4 Å². The molecule has 2 heterocycles. The van der Waals surface area contributed by atoms with Crippen LogP contribution in [0.1, 0.15) is 30.9 Å². The van der Waals surface area contributed by atoms with Gasteiger partial charge in [0.25, 0.3) is 0 Å². The second-order valence-electron chi connectivity index (χ2n) is 7.49. The molecule has 0 bridgehead atoms. The van der Waals surface area contributed by atoms with Gasteiger partial charge in [0.15, 0.2) is 0 Å². The van der Waals surface area contributed by atoms with Gasteiger partial charge in [-0.15, -0.1) is 0 Å². The highest BCUT2D eigenvalue weighted by Gasteiger charge is 2.23. The number of hydrogen-bond acceptors (Lipinski definition) is 3. The van der Waals surface area contributed by atoms with Crippen molar-refractivity contribution in [3.63, 3.8) is 0 Å². The van der Waals surface area contributed by atoms with Crippen LogP contribution in [0.3, 0.4) is 0 Å². The summed E-state index contributed by atoms with van der Waals surface area (Å²) < 4.78 is 13.1. The predicted octanol–water partition coefficient (Wildman–Crippen LogP) is 4.53. The molecule has 0 spiro atoms. The molecule has 29 heavy (non-hydrogen) atoms. The van der Waals surface area contributed by atoms with Crippen LogP contribution in [0, 0.1) is 5.82 Å². The molecule has 1 amide bonds. The average Bonchev–Trinajstić information content (AvgIpc) is 3.39. The van der Waals surface area contributed by atoms with Crippen LogP contribution in [0.2, 0.25) is 0 Å². The van der Waals surface area contributed by atoms with E-state index in [0.717, 1.165) is 42.9 Å². The SMILES string of the molecule is CCN(C(=O)CCc1ccc(F)cc1)c1ccc2c(c1)N(CC1=CCC=N1)CC2. The number of aliphatic imine (C=N–C) groups is 1. The summed E-state index contributed by atoms with van der Waals surface area (Å²) in [7, 11) is 0. The van der Waals surface area contributed by atoms with E-state index in [-0.39, 0.29) is 11.7 Å². The molecule has 0 N–H and O–H groups in total. The molecule has 4 nitrogen and oxygen atoms in total. The van der Waals surface area contributed by atoms with Crippen molar-refractivity contribution in [3.05, 3.63) is 71.2 Å². The molecule has 0 unspecified atom stereocenters. The zero-order valence-electron chi connectivity index (χ0n) is 16.8. The maximum atomic E-state index is 13.1. The van der Waals surface area contributed by atoms with E-state index in [0.29, 0.717) is 19.4 Å². The van der Waals surface area contributed by atoms with Crippen LogP contribution in [0.15, 0.2) is 59.2 Å².